The molecule has 2 aliphatic rings. The number of carbonyl (C=O) groups excluding carboxylic acids is 1. The lowest BCUT2D eigenvalue weighted by molar-refractivity contribution is -0.159. The van der Waals surface area contributed by atoms with Crippen LogP contribution in [-0.2, 0) is 16.1 Å². The average Bonchev–Trinajstić information content (AvgIpc) is 3.18. The Morgan fingerprint density at radius 2 is 1.87 bits per heavy atom. The molecule has 0 aromatic heterocycles. The van der Waals surface area contributed by atoms with Crippen LogP contribution in [0.5, 0.6) is 0 Å². The van der Waals surface area contributed by atoms with Crippen LogP contribution in [0.2, 0.25) is 0 Å². The van der Waals surface area contributed by atoms with Crippen LogP contribution < -0.4 is 5.48 Å². The van der Waals surface area contributed by atoms with Crippen LogP contribution in [0.15, 0.2) is 60.7 Å². The summed E-state index contributed by atoms with van der Waals surface area (Å²) in [7, 11) is 0. The van der Waals surface area contributed by atoms with E-state index >= 15 is 0 Å². The van der Waals surface area contributed by atoms with E-state index in [-0.39, 0.29) is 5.91 Å². The molecule has 6 heteroatoms. The van der Waals surface area contributed by atoms with Crippen molar-refractivity contribution in [1.82, 2.24) is 10.4 Å². The average molecular weight is 406 g/mol. The zero-order chi connectivity index (χ0) is 21.1. The number of carboxylic acid groups (broad SMARTS) is 1. The van der Waals surface area contributed by atoms with Crippen molar-refractivity contribution < 1.29 is 19.5 Å². The number of aliphatic carboxylic acids is 1. The Bertz CT molecular complexity index is 964. The number of hydrogen-bond acceptors (Lipinski definition) is 4. The zero-order valence-electron chi connectivity index (χ0n) is 17.0. The van der Waals surface area contributed by atoms with E-state index in [1.807, 2.05) is 23.1 Å². The second-order valence-corrected chi connectivity index (χ2v) is 8.18. The molecule has 0 radical (unpaired) electrons. The number of nitrogens with zero attached hydrogens (tertiary/aromatic N) is 1. The van der Waals surface area contributed by atoms with Crippen molar-refractivity contribution in [3.8, 4) is 0 Å². The Labute approximate surface area is 176 Å². The van der Waals surface area contributed by atoms with Crippen LogP contribution in [0.4, 0.5) is 0 Å². The van der Waals surface area contributed by atoms with Crippen molar-refractivity contribution in [2.24, 2.45) is 5.92 Å². The Morgan fingerprint density at radius 3 is 2.53 bits per heavy atom. The molecule has 0 saturated carbocycles. The second-order valence-electron chi connectivity index (χ2n) is 8.18. The Morgan fingerprint density at radius 1 is 1.13 bits per heavy atom. The maximum Gasteiger partial charge on any atom is 0.342 e. The minimum absolute atomic E-state index is 0.00974. The van der Waals surface area contributed by atoms with Crippen LogP contribution in [-0.4, -0.2) is 40.6 Å². The number of rotatable bonds is 5. The van der Waals surface area contributed by atoms with Crippen molar-refractivity contribution in [3.05, 3.63) is 77.4 Å². The van der Waals surface area contributed by atoms with Gasteiger partial charge >= 0.3 is 5.97 Å². The fraction of sp³-hybridized carbons (Fsp3) is 0.333. The number of benzene rings is 2. The lowest BCUT2D eigenvalue weighted by atomic mass is 9.90. The third-order valence-electron chi connectivity index (χ3n) is 5.91. The maximum absolute atomic E-state index is 13.0. The molecule has 4 rings (SSSR count). The standard InChI is InChI=1S/C24H26N2O4/c1-24(23(28)29)16-21(25-30-24)19-8-5-9-20(15-19)22(27)26-12-10-18(11-13-26)14-17-6-3-2-4-7-17/h2-9,15-16,18,25H,10-14H2,1H3,(H,28,29). The van der Waals surface area contributed by atoms with E-state index in [1.54, 1.807) is 12.1 Å². The molecule has 1 saturated heterocycles. The topological polar surface area (TPSA) is 78.9 Å². The zero-order valence-corrected chi connectivity index (χ0v) is 17.0. The van der Waals surface area contributed by atoms with Crippen molar-refractivity contribution in [3.63, 3.8) is 0 Å². The summed E-state index contributed by atoms with van der Waals surface area (Å²) in [5.74, 6) is -0.465. The minimum Gasteiger partial charge on any atom is -0.479 e. The molecule has 2 heterocycles. The highest BCUT2D eigenvalue weighted by Gasteiger charge is 2.38. The van der Waals surface area contributed by atoms with Gasteiger partial charge in [0.25, 0.3) is 5.91 Å². The predicted octanol–water partition coefficient (Wildman–Crippen LogP) is 3.50. The molecular formula is C24H26N2O4. The maximum atomic E-state index is 13.0. The molecule has 1 fully saturated rings. The molecule has 1 atom stereocenters. The van der Waals surface area contributed by atoms with Gasteiger partial charge < -0.3 is 10.0 Å². The van der Waals surface area contributed by atoms with E-state index in [0.717, 1.165) is 37.9 Å². The summed E-state index contributed by atoms with van der Waals surface area (Å²) in [6, 6.07) is 17.7. The van der Waals surface area contributed by atoms with E-state index in [4.69, 9.17) is 4.84 Å². The lowest BCUT2D eigenvalue weighted by Gasteiger charge is -2.32. The van der Waals surface area contributed by atoms with Crippen LogP contribution in [0, 0.1) is 5.92 Å². The van der Waals surface area contributed by atoms with Gasteiger partial charge in [-0.1, -0.05) is 42.5 Å². The molecule has 0 spiro atoms. The Hall–Kier alpha value is -3.12. The third kappa shape index (κ3) is 4.24. The molecule has 0 bridgehead atoms. The van der Waals surface area contributed by atoms with E-state index in [2.05, 4.69) is 29.7 Å². The highest BCUT2D eigenvalue weighted by molar-refractivity contribution is 5.95. The number of hydrogen-bond donors (Lipinski definition) is 2. The van der Waals surface area contributed by atoms with Gasteiger partial charge in [-0.15, -0.1) is 0 Å². The first kappa shape index (κ1) is 20.2. The summed E-state index contributed by atoms with van der Waals surface area (Å²) in [6.07, 6.45) is 4.57. The number of carbonyl (C=O) groups is 2. The molecule has 2 aromatic carbocycles. The molecule has 0 aliphatic carbocycles. The van der Waals surface area contributed by atoms with Gasteiger partial charge in [-0.2, -0.15) is 0 Å². The van der Waals surface area contributed by atoms with Gasteiger partial charge in [0.05, 0.1) is 5.70 Å². The summed E-state index contributed by atoms with van der Waals surface area (Å²) in [5.41, 5.74) is 4.48. The highest BCUT2D eigenvalue weighted by Crippen LogP contribution is 2.27. The van der Waals surface area contributed by atoms with Crippen molar-refractivity contribution in [2.45, 2.75) is 31.8 Å². The molecular weight excluding hydrogens is 380 g/mol. The fourth-order valence-corrected chi connectivity index (χ4v) is 4.03. The number of amides is 1. The second kappa shape index (κ2) is 8.32. The summed E-state index contributed by atoms with van der Waals surface area (Å²) >= 11 is 0. The first-order chi connectivity index (χ1) is 14.4. The number of likely N-dealkylation sites (tertiary alicyclic amines) is 1. The van der Waals surface area contributed by atoms with Gasteiger partial charge in [0.1, 0.15) is 0 Å². The first-order valence-corrected chi connectivity index (χ1v) is 10.3. The largest absolute Gasteiger partial charge is 0.479 e. The molecule has 2 aliphatic heterocycles. The molecule has 2 N–H and O–H groups in total. The Balaban J connectivity index is 1.40. The van der Waals surface area contributed by atoms with E-state index in [0.29, 0.717) is 17.2 Å². The summed E-state index contributed by atoms with van der Waals surface area (Å²) in [4.78, 5) is 31.5. The van der Waals surface area contributed by atoms with Crippen molar-refractivity contribution >= 4 is 17.6 Å². The first-order valence-electron chi connectivity index (χ1n) is 10.3. The van der Waals surface area contributed by atoms with E-state index < -0.39 is 11.6 Å². The van der Waals surface area contributed by atoms with Gasteiger partial charge in [0.15, 0.2) is 0 Å². The molecule has 156 valence electrons. The van der Waals surface area contributed by atoms with Crippen molar-refractivity contribution in [2.75, 3.05) is 13.1 Å². The van der Waals surface area contributed by atoms with Crippen LogP contribution in [0.3, 0.4) is 0 Å². The summed E-state index contributed by atoms with van der Waals surface area (Å²) in [6.45, 7) is 2.98. The fourth-order valence-electron chi connectivity index (χ4n) is 4.03. The van der Waals surface area contributed by atoms with Gasteiger partial charge in [-0.25, -0.2) is 4.79 Å². The lowest BCUT2D eigenvalue weighted by Crippen LogP contribution is -2.38. The summed E-state index contributed by atoms with van der Waals surface area (Å²) in [5, 5.41) is 9.29. The normalized spacial score (nSPS) is 21.8. The van der Waals surface area contributed by atoms with Crippen LogP contribution in [0.1, 0.15) is 41.3 Å². The number of piperidine rings is 1. The monoisotopic (exact) mass is 406 g/mol. The predicted molar refractivity (Wildman–Crippen MR) is 113 cm³/mol. The van der Waals surface area contributed by atoms with Crippen LogP contribution in [0.25, 0.3) is 5.70 Å². The number of hydroxylamine groups is 1. The van der Waals surface area contributed by atoms with Gasteiger partial charge in [0, 0.05) is 24.2 Å². The van der Waals surface area contributed by atoms with Gasteiger partial charge in [-0.3, -0.25) is 15.1 Å². The SMILES string of the molecule is CC1(C(=O)O)C=C(c2cccc(C(=O)N3CCC(Cc4ccccc4)CC3)c2)NO1. The Kier molecular flexibility index (Phi) is 5.59. The van der Waals surface area contributed by atoms with Gasteiger partial charge in [0.2, 0.25) is 5.60 Å². The minimum atomic E-state index is -1.42. The van der Waals surface area contributed by atoms with E-state index in [1.165, 1.54) is 18.6 Å². The molecule has 6 nitrogen and oxygen atoms in total. The van der Waals surface area contributed by atoms with Crippen LogP contribution >= 0.6 is 0 Å². The smallest absolute Gasteiger partial charge is 0.342 e. The molecule has 30 heavy (non-hydrogen) atoms. The quantitative estimate of drug-likeness (QED) is 0.795. The third-order valence-corrected chi connectivity index (χ3v) is 5.91. The van der Waals surface area contributed by atoms with Gasteiger partial charge in [-0.05, 0) is 55.9 Å². The molecule has 1 amide bonds. The highest BCUT2D eigenvalue weighted by atomic mass is 16.7. The molecule has 2 aromatic rings. The number of carboxylic acids is 1. The van der Waals surface area contributed by atoms with E-state index in [9.17, 15) is 14.7 Å². The van der Waals surface area contributed by atoms with Crippen molar-refractivity contribution in [1.29, 1.82) is 0 Å². The number of nitrogens with one attached hydrogen (secondary N) is 1. The summed E-state index contributed by atoms with van der Waals surface area (Å²) < 4.78 is 0. The molecule has 1 unspecified atom stereocenters.